The standard InChI is InChI=1S/C14H27N5O3S/c1-11(2)14-16-13(17-22-14)10-18(3)12-5-7-19(9-12)8-6-15-23(4,20)21/h11-12,15H,5-10H2,1-4H3/t12-/m0/s1. The van der Waals surface area contributed by atoms with Gasteiger partial charge in [-0.05, 0) is 20.0 Å². The van der Waals surface area contributed by atoms with Crippen LogP contribution < -0.4 is 4.72 Å². The van der Waals surface area contributed by atoms with E-state index in [0.717, 1.165) is 26.1 Å². The largest absolute Gasteiger partial charge is 0.339 e. The van der Waals surface area contributed by atoms with Gasteiger partial charge >= 0.3 is 0 Å². The van der Waals surface area contributed by atoms with Crippen LogP contribution >= 0.6 is 0 Å². The molecule has 1 saturated heterocycles. The minimum atomic E-state index is -3.11. The van der Waals surface area contributed by atoms with Crippen molar-refractivity contribution < 1.29 is 12.9 Å². The van der Waals surface area contributed by atoms with Crippen LogP contribution in [0, 0.1) is 0 Å². The predicted molar refractivity (Wildman–Crippen MR) is 87.5 cm³/mol. The third-order valence-corrected chi connectivity index (χ3v) is 4.76. The Morgan fingerprint density at radius 2 is 2.22 bits per heavy atom. The molecule has 1 aliphatic heterocycles. The molecule has 0 bridgehead atoms. The molecule has 1 atom stereocenters. The molecule has 0 saturated carbocycles. The SMILES string of the molecule is CC(C)c1nc(CN(C)[C@H]2CCN(CCNS(C)(=O)=O)C2)no1. The molecule has 1 aliphatic rings. The number of hydrogen-bond donors (Lipinski definition) is 1. The summed E-state index contributed by atoms with van der Waals surface area (Å²) < 4.78 is 29.9. The van der Waals surface area contributed by atoms with Crippen molar-refractivity contribution in [3.8, 4) is 0 Å². The minimum Gasteiger partial charge on any atom is -0.339 e. The number of nitrogens with zero attached hydrogens (tertiary/aromatic N) is 4. The Morgan fingerprint density at radius 1 is 1.48 bits per heavy atom. The lowest BCUT2D eigenvalue weighted by molar-refractivity contribution is 0.218. The summed E-state index contributed by atoms with van der Waals surface area (Å²) in [4.78, 5) is 8.92. The van der Waals surface area contributed by atoms with Gasteiger partial charge in [-0.25, -0.2) is 13.1 Å². The molecular weight excluding hydrogens is 318 g/mol. The molecular formula is C14H27N5O3S. The fourth-order valence-corrected chi connectivity index (χ4v) is 3.14. The summed E-state index contributed by atoms with van der Waals surface area (Å²) in [6.45, 7) is 7.81. The molecule has 0 radical (unpaired) electrons. The van der Waals surface area contributed by atoms with E-state index < -0.39 is 10.0 Å². The maximum absolute atomic E-state index is 11.1. The fraction of sp³-hybridized carbons (Fsp3) is 0.857. The summed E-state index contributed by atoms with van der Waals surface area (Å²) in [5.74, 6) is 1.63. The van der Waals surface area contributed by atoms with E-state index in [4.69, 9.17) is 4.52 Å². The van der Waals surface area contributed by atoms with Crippen molar-refractivity contribution in [1.29, 1.82) is 0 Å². The van der Waals surface area contributed by atoms with Gasteiger partial charge in [0, 0.05) is 31.6 Å². The van der Waals surface area contributed by atoms with Gasteiger partial charge in [0.15, 0.2) is 5.82 Å². The lowest BCUT2D eigenvalue weighted by atomic mass is 10.2. The van der Waals surface area contributed by atoms with Crippen molar-refractivity contribution in [3.63, 3.8) is 0 Å². The van der Waals surface area contributed by atoms with Crippen LogP contribution in [0.25, 0.3) is 0 Å². The summed E-state index contributed by atoms with van der Waals surface area (Å²) in [6, 6.07) is 0.425. The first kappa shape index (κ1) is 18.3. The van der Waals surface area contributed by atoms with E-state index in [1.807, 2.05) is 13.8 Å². The predicted octanol–water partition coefficient (Wildman–Crippen LogP) is 0.248. The van der Waals surface area contributed by atoms with E-state index in [0.29, 0.717) is 30.8 Å². The van der Waals surface area contributed by atoms with Gasteiger partial charge in [-0.15, -0.1) is 0 Å². The molecule has 1 N–H and O–H groups in total. The molecule has 0 aliphatic carbocycles. The fourth-order valence-electron chi connectivity index (χ4n) is 2.68. The van der Waals surface area contributed by atoms with Gasteiger partial charge in [0.25, 0.3) is 0 Å². The third kappa shape index (κ3) is 5.83. The third-order valence-electron chi connectivity index (χ3n) is 4.03. The Labute approximate surface area is 138 Å². The number of aromatic nitrogens is 2. The molecule has 0 spiro atoms. The Kier molecular flexibility index (Phi) is 6.12. The number of likely N-dealkylation sites (N-methyl/N-ethyl adjacent to an activating group) is 1. The lowest BCUT2D eigenvalue weighted by Crippen LogP contribution is -2.37. The Bertz CT molecular complexity index is 601. The smallest absolute Gasteiger partial charge is 0.229 e. The van der Waals surface area contributed by atoms with Crippen LogP contribution in [0.5, 0.6) is 0 Å². The van der Waals surface area contributed by atoms with Gasteiger partial charge in [-0.2, -0.15) is 4.98 Å². The topological polar surface area (TPSA) is 91.6 Å². The van der Waals surface area contributed by atoms with Crippen LogP contribution in [0.2, 0.25) is 0 Å². The Hall–Kier alpha value is -1.03. The monoisotopic (exact) mass is 345 g/mol. The number of likely N-dealkylation sites (tertiary alicyclic amines) is 1. The molecule has 0 amide bonds. The maximum atomic E-state index is 11.1. The quantitative estimate of drug-likeness (QED) is 0.722. The normalized spacial score (nSPS) is 20.0. The van der Waals surface area contributed by atoms with Crippen LogP contribution in [-0.4, -0.2) is 73.9 Å². The summed E-state index contributed by atoms with van der Waals surface area (Å²) in [5, 5.41) is 4.03. The highest BCUT2D eigenvalue weighted by molar-refractivity contribution is 7.88. The summed E-state index contributed by atoms with van der Waals surface area (Å²) in [6.07, 6.45) is 2.24. The molecule has 1 aromatic heterocycles. The number of sulfonamides is 1. The van der Waals surface area contributed by atoms with Gasteiger partial charge < -0.3 is 9.42 Å². The number of nitrogens with one attached hydrogen (secondary N) is 1. The molecule has 0 unspecified atom stereocenters. The zero-order chi connectivity index (χ0) is 17.0. The van der Waals surface area contributed by atoms with E-state index in [-0.39, 0.29) is 5.92 Å². The maximum Gasteiger partial charge on any atom is 0.229 e. The lowest BCUT2D eigenvalue weighted by Gasteiger charge is -2.23. The summed E-state index contributed by atoms with van der Waals surface area (Å²) >= 11 is 0. The van der Waals surface area contributed by atoms with E-state index in [2.05, 4.69) is 31.7 Å². The van der Waals surface area contributed by atoms with Crippen LogP contribution in [0.3, 0.4) is 0 Å². The van der Waals surface area contributed by atoms with Crippen LogP contribution in [0.15, 0.2) is 4.52 Å². The zero-order valence-electron chi connectivity index (χ0n) is 14.3. The molecule has 0 aromatic carbocycles. The van der Waals surface area contributed by atoms with Crippen molar-refractivity contribution in [3.05, 3.63) is 11.7 Å². The molecule has 9 heteroatoms. The highest BCUT2D eigenvalue weighted by Gasteiger charge is 2.26. The molecule has 8 nitrogen and oxygen atoms in total. The van der Waals surface area contributed by atoms with Crippen molar-refractivity contribution in [2.24, 2.45) is 0 Å². The first-order chi connectivity index (χ1) is 10.7. The van der Waals surface area contributed by atoms with Gasteiger partial charge in [-0.1, -0.05) is 19.0 Å². The van der Waals surface area contributed by atoms with Gasteiger partial charge in [0.05, 0.1) is 12.8 Å². The van der Waals surface area contributed by atoms with E-state index in [1.165, 1.54) is 6.26 Å². The molecule has 2 rings (SSSR count). The van der Waals surface area contributed by atoms with Crippen LogP contribution in [0.1, 0.15) is 37.9 Å². The molecule has 1 aromatic rings. The van der Waals surface area contributed by atoms with Crippen molar-refractivity contribution in [2.75, 3.05) is 39.5 Å². The molecule has 132 valence electrons. The van der Waals surface area contributed by atoms with Crippen molar-refractivity contribution in [2.45, 2.75) is 38.8 Å². The molecule has 1 fully saturated rings. The minimum absolute atomic E-state index is 0.242. The highest BCUT2D eigenvalue weighted by Crippen LogP contribution is 2.17. The Morgan fingerprint density at radius 3 is 2.83 bits per heavy atom. The molecule has 23 heavy (non-hydrogen) atoms. The Balaban J connectivity index is 1.76. The van der Waals surface area contributed by atoms with Crippen molar-refractivity contribution >= 4 is 10.0 Å². The second-order valence-electron chi connectivity index (χ2n) is 6.53. The van der Waals surface area contributed by atoms with E-state index in [9.17, 15) is 8.42 Å². The highest BCUT2D eigenvalue weighted by atomic mass is 32.2. The van der Waals surface area contributed by atoms with Crippen LogP contribution in [-0.2, 0) is 16.6 Å². The number of rotatable bonds is 8. The second kappa shape index (κ2) is 7.69. The van der Waals surface area contributed by atoms with Crippen molar-refractivity contribution in [1.82, 2.24) is 24.7 Å². The summed E-state index contributed by atoms with van der Waals surface area (Å²) in [7, 11) is -1.04. The van der Waals surface area contributed by atoms with Gasteiger partial charge in [0.2, 0.25) is 15.9 Å². The number of hydrogen-bond acceptors (Lipinski definition) is 7. The first-order valence-corrected chi connectivity index (χ1v) is 9.83. The average Bonchev–Trinajstić information content (AvgIpc) is 3.06. The molecule has 2 heterocycles. The average molecular weight is 345 g/mol. The van der Waals surface area contributed by atoms with Gasteiger partial charge in [0.1, 0.15) is 0 Å². The second-order valence-corrected chi connectivity index (χ2v) is 8.36. The van der Waals surface area contributed by atoms with Gasteiger partial charge in [-0.3, -0.25) is 4.90 Å². The van der Waals surface area contributed by atoms with E-state index in [1.54, 1.807) is 0 Å². The van der Waals surface area contributed by atoms with E-state index >= 15 is 0 Å². The summed E-state index contributed by atoms with van der Waals surface area (Å²) in [5.41, 5.74) is 0. The zero-order valence-corrected chi connectivity index (χ0v) is 15.1. The first-order valence-electron chi connectivity index (χ1n) is 7.94. The van der Waals surface area contributed by atoms with Crippen LogP contribution in [0.4, 0.5) is 0 Å².